The standard InChI is InChI=1S/C25H28FN4O9P/c1-25(2)24(31)30(13-38-40(32,33)34)23-18(39-25)7-6-15(28-23)11-17-16(26)12-27-21(29-17)10-14-8-19(35-3)22(37-5)20(9-14)36-4/h6-9,12H,10-11,13H2,1-5H3,(H2,32,33,34)/p-2/i1D3,2D3,6D,7D,13D2. The van der Waals surface area contributed by atoms with Crippen LogP contribution in [0.25, 0.3) is 0 Å². The monoisotopic (exact) mass is 586 g/mol. The molecule has 0 bridgehead atoms. The molecule has 0 N–H and O–H groups in total. The number of phosphoric acid groups is 1. The molecule has 0 fully saturated rings. The number of methoxy groups -OCH3 is 3. The molecule has 0 unspecified atom stereocenters. The van der Waals surface area contributed by atoms with E-state index in [1.165, 1.54) is 21.3 Å². The number of ether oxygens (including phenoxy) is 4. The topological polar surface area (TPSA) is 168 Å². The van der Waals surface area contributed by atoms with Gasteiger partial charge in [-0.15, -0.1) is 0 Å². The molecule has 0 spiro atoms. The Labute approximate surface area is 243 Å². The van der Waals surface area contributed by atoms with Crippen LogP contribution >= 0.6 is 7.82 Å². The highest BCUT2D eigenvalue weighted by Gasteiger charge is 2.42. The molecular weight excluding hydrogens is 550 g/mol. The lowest BCUT2D eigenvalue weighted by Crippen LogP contribution is -2.53. The highest BCUT2D eigenvalue weighted by molar-refractivity contribution is 7.43. The number of pyridine rings is 1. The summed E-state index contributed by atoms with van der Waals surface area (Å²) in [7, 11) is -2.17. The van der Waals surface area contributed by atoms with Crippen LogP contribution in [0.5, 0.6) is 23.0 Å². The van der Waals surface area contributed by atoms with Crippen molar-refractivity contribution in [2.45, 2.75) is 32.1 Å². The smallest absolute Gasteiger partial charge is 0.273 e. The maximum absolute atomic E-state index is 15.1. The molecule has 1 amide bonds. The average molecular weight is 587 g/mol. The molecule has 4 rings (SSSR count). The minimum absolute atomic E-state index is 0.0120. The van der Waals surface area contributed by atoms with E-state index in [2.05, 4.69) is 19.5 Å². The van der Waals surface area contributed by atoms with Crippen molar-refractivity contribution >= 4 is 19.5 Å². The summed E-state index contributed by atoms with van der Waals surface area (Å²) in [6.07, 6.45) is -0.0268. The number of phosphoric ester groups is 1. The van der Waals surface area contributed by atoms with Crippen LogP contribution in [0.15, 0.2) is 30.4 Å². The highest BCUT2D eigenvalue weighted by atomic mass is 31.2. The third-order valence-corrected chi connectivity index (χ3v) is 5.57. The predicted octanol–water partition coefficient (Wildman–Crippen LogP) is 1.52. The first-order chi connectivity index (χ1) is 22.9. The first-order valence-electron chi connectivity index (χ1n) is 16.0. The average Bonchev–Trinajstić information content (AvgIpc) is 2.97. The van der Waals surface area contributed by atoms with Crippen molar-refractivity contribution in [1.82, 2.24) is 15.0 Å². The van der Waals surface area contributed by atoms with Gasteiger partial charge in [0.2, 0.25) is 5.75 Å². The number of rotatable bonds is 10. The Morgan fingerprint density at radius 2 is 1.85 bits per heavy atom. The molecule has 0 atom stereocenters. The minimum Gasteiger partial charge on any atom is -0.790 e. The number of hydrogen-bond acceptors (Lipinski definition) is 12. The summed E-state index contributed by atoms with van der Waals surface area (Å²) in [5.74, 6) is -4.97. The summed E-state index contributed by atoms with van der Waals surface area (Å²) in [6, 6.07) is 1.05. The van der Waals surface area contributed by atoms with Crippen LogP contribution in [0, 0.1) is 5.82 Å². The Bertz CT molecular complexity index is 1840. The Hall–Kier alpha value is -3.84. The van der Waals surface area contributed by atoms with Crippen molar-refractivity contribution in [1.29, 1.82) is 0 Å². The zero-order chi connectivity index (χ0) is 37.8. The van der Waals surface area contributed by atoms with E-state index < -0.39 is 91.9 Å². The number of halogens is 1. The van der Waals surface area contributed by atoms with Crippen molar-refractivity contribution in [2.24, 2.45) is 0 Å². The summed E-state index contributed by atoms with van der Waals surface area (Å²) in [4.78, 5) is 48.1. The van der Waals surface area contributed by atoms with Gasteiger partial charge in [0.05, 0.1) is 46.5 Å². The summed E-state index contributed by atoms with van der Waals surface area (Å²) >= 11 is 0. The SMILES string of the molecule is [2H]c1c(Cc2nc(Cc3cc(OC)c(OC)c(OC)c3)ncc2F)nc2c(c1[2H])OC(C([2H])([2H])[2H])(C([2H])([2H])[2H])C(=O)N2C([2H])([2H])OP(=O)([O-])[O-]. The maximum Gasteiger partial charge on any atom is 0.273 e. The Morgan fingerprint density at radius 3 is 2.45 bits per heavy atom. The zero-order valence-electron chi connectivity index (χ0n) is 30.9. The lowest BCUT2D eigenvalue weighted by Gasteiger charge is -2.39. The predicted molar refractivity (Wildman–Crippen MR) is 134 cm³/mol. The van der Waals surface area contributed by atoms with Crippen LogP contribution in [0.2, 0.25) is 0 Å². The summed E-state index contributed by atoms with van der Waals surface area (Å²) < 4.78 is 132. The number of fused-ring (bicyclic) bond motifs is 1. The van der Waals surface area contributed by atoms with Crippen molar-refractivity contribution in [3.63, 3.8) is 0 Å². The molecule has 3 aromatic rings. The number of amides is 1. The zero-order valence-corrected chi connectivity index (χ0v) is 21.8. The third-order valence-electron chi connectivity index (χ3n) is 5.27. The number of carbonyl (C=O) groups excluding carboxylic acids is 1. The van der Waals surface area contributed by atoms with E-state index in [0.29, 0.717) is 22.8 Å². The number of hydrogen-bond donors (Lipinski definition) is 0. The number of carbonyl (C=O) groups is 1. The van der Waals surface area contributed by atoms with E-state index >= 15 is 4.39 Å². The first kappa shape index (κ1) is 18.5. The summed E-state index contributed by atoms with van der Waals surface area (Å²) in [5, 5.41) is 0. The van der Waals surface area contributed by atoms with Crippen LogP contribution in [0.3, 0.4) is 0 Å². The van der Waals surface area contributed by atoms with Crippen LogP contribution < -0.4 is 33.6 Å². The number of anilines is 1. The van der Waals surface area contributed by atoms with Gasteiger partial charge in [-0.1, -0.05) is 0 Å². The van der Waals surface area contributed by atoms with Crippen molar-refractivity contribution in [3.8, 4) is 23.0 Å². The van der Waals surface area contributed by atoms with Gasteiger partial charge in [0.25, 0.3) is 5.91 Å². The van der Waals surface area contributed by atoms with Crippen molar-refractivity contribution in [3.05, 3.63) is 59.0 Å². The molecule has 0 aliphatic carbocycles. The van der Waals surface area contributed by atoms with E-state index in [0.717, 1.165) is 6.20 Å². The van der Waals surface area contributed by atoms with Gasteiger partial charge < -0.3 is 37.8 Å². The molecule has 0 saturated heterocycles. The van der Waals surface area contributed by atoms with E-state index in [-0.39, 0.29) is 12.2 Å². The van der Waals surface area contributed by atoms with Crippen molar-refractivity contribution < 1.29 is 60.7 Å². The lowest BCUT2D eigenvalue weighted by atomic mass is 10.1. The Kier molecular flexibility index (Phi) is 5.24. The van der Waals surface area contributed by atoms with Gasteiger partial charge in [0, 0.05) is 26.8 Å². The Balaban J connectivity index is 1.87. The van der Waals surface area contributed by atoms with Gasteiger partial charge in [-0.3, -0.25) is 9.69 Å². The van der Waals surface area contributed by atoms with E-state index in [1.54, 1.807) is 12.1 Å². The van der Waals surface area contributed by atoms with Gasteiger partial charge in [0.1, 0.15) is 12.5 Å². The largest absolute Gasteiger partial charge is 0.790 e. The lowest BCUT2D eigenvalue weighted by molar-refractivity contribution is -0.341. The first-order valence-corrected chi connectivity index (χ1v) is 12.4. The minimum atomic E-state index is -6.35. The molecule has 40 heavy (non-hydrogen) atoms. The molecule has 13 nitrogen and oxygen atoms in total. The molecule has 214 valence electrons. The van der Waals surface area contributed by atoms with Crippen molar-refractivity contribution in [2.75, 3.05) is 32.9 Å². The van der Waals surface area contributed by atoms with Gasteiger partial charge in [-0.2, -0.15) is 0 Å². The maximum atomic E-state index is 15.1. The fraction of sp³-hybridized carbons (Fsp3) is 0.360. The van der Waals surface area contributed by atoms with Crippen LogP contribution in [0.4, 0.5) is 10.2 Å². The number of benzene rings is 1. The molecule has 1 aliphatic heterocycles. The molecule has 0 radical (unpaired) electrons. The normalized spacial score (nSPS) is 19.1. The molecular formula is C25H26FN4O9P-2. The molecule has 1 aliphatic rings. The highest BCUT2D eigenvalue weighted by Crippen LogP contribution is 2.39. The molecule has 1 aromatic carbocycles. The molecule has 3 heterocycles. The van der Waals surface area contributed by atoms with E-state index in [1.807, 2.05) is 0 Å². The molecule has 2 aromatic heterocycles. The Morgan fingerprint density at radius 1 is 1.15 bits per heavy atom. The second-order valence-electron chi connectivity index (χ2n) is 7.98. The molecule has 15 heteroatoms. The fourth-order valence-corrected chi connectivity index (χ4v) is 3.74. The van der Waals surface area contributed by atoms with E-state index in [4.69, 9.17) is 32.7 Å². The quantitative estimate of drug-likeness (QED) is 0.315. The second-order valence-corrected chi connectivity index (χ2v) is 9.06. The van der Waals surface area contributed by atoms with Gasteiger partial charge >= 0.3 is 0 Å². The third kappa shape index (κ3) is 6.31. The van der Waals surface area contributed by atoms with Gasteiger partial charge in [0.15, 0.2) is 34.5 Å². The number of aromatic nitrogens is 3. The summed E-state index contributed by atoms with van der Waals surface area (Å²) in [5.41, 5.74) is -4.57. The fourth-order valence-electron chi connectivity index (χ4n) is 3.56. The van der Waals surface area contributed by atoms with E-state index in [9.17, 15) is 19.1 Å². The van der Waals surface area contributed by atoms with Crippen LogP contribution in [-0.4, -0.2) is 54.5 Å². The van der Waals surface area contributed by atoms with Crippen LogP contribution in [-0.2, 0) is 26.7 Å². The second kappa shape index (κ2) is 11.3. The summed E-state index contributed by atoms with van der Waals surface area (Å²) in [6.45, 7) is -12.1. The molecule has 0 saturated carbocycles. The van der Waals surface area contributed by atoms with Gasteiger partial charge in [-0.25, -0.2) is 19.3 Å². The van der Waals surface area contributed by atoms with Gasteiger partial charge in [-0.05, 0) is 43.5 Å². The number of nitrogens with zero attached hydrogens (tertiary/aromatic N) is 4. The van der Waals surface area contributed by atoms with Crippen LogP contribution in [0.1, 0.15) is 50.2 Å².